The van der Waals surface area contributed by atoms with Crippen LogP contribution in [-0.4, -0.2) is 159 Å². The molecule has 10 atom stereocenters. The van der Waals surface area contributed by atoms with Crippen LogP contribution in [0, 0.1) is 23.7 Å². The Morgan fingerprint density at radius 3 is 1.43 bits per heavy atom. The molecule has 1 aliphatic carbocycles. The number of aliphatic hydroxyl groups is 8. The summed E-state index contributed by atoms with van der Waals surface area (Å²) in [6, 6.07) is 11.5. The molecule has 0 spiro atoms. The molecule has 46 heavy (non-hydrogen) atoms. The predicted octanol–water partition coefficient (Wildman–Crippen LogP) is -2.36. The van der Waals surface area contributed by atoms with E-state index in [0.717, 1.165) is 35.3 Å². The first-order valence-electron chi connectivity index (χ1n) is 15.2. The second kappa shape index (κ2) is 14.5. The molecule has 5 rings (SSSR count). The van der Waals surface area contributed by atoms with Gasteiger partial charge in [-0.1, -0.05) is 35.8 Å². The molecule has 2 aromatic rings. The van der Waals surface area contributed by atoms with Crippen LogP contribution in [0.3, 0.4) is 0 Å². The Bertz CT molecular complexity index is 1410. The molecule has 2 saturated heterocycles. The van der Waals surface area contributed by atoms with Gasteiger partial charge in [-0.25, -0.2) is 0 Å². The van der Waals surface area contributed by atoms with Gasteiger partial charge in [-0.15, -0.1) is 0 Å². The average Bonchev–Trinajstić information content (AvgIpc) is 3.37. The quantitative estimate of drug-likeness (QED) is 0.158. The van der Waals surface area contributed by atoms with E-state index >= 15 is 0 Å². The van der Waals surface area contributed by atoms with Gasteiger partial charge in [0.1, 0.15) is 61.0 Å². The number of hydrogen-bond acceptors (Lipinski definition) is 12. The highest BCUT2D eigenvalue weighted by atomic mass is 16.5. The van der Waals surface area contributed by atoms with E-state index in [2.05, 4.69) is 33.5 Å². The van der Waals surface area contributed by atoms with Crippen molar-refractivity contribution in [2.45, 2.75) is 67.1 Å². The van der Waals surface area contributed by atoms with Crippen molar-refractivity contribution in [1.29, 1.82) is 0 Å². The summed E-state index contributed by atoms with van der Waals surface area (Å²) in [4.78, 5) is 4.33. The molecule has 0 radical (unpaired) electrons. The smallest absolute Gasteiger partial charge is 0.147 e. The van der Waals surface area contributed by atoms with Crippen LogP contribution in [0.15, 0.2) is 36.4 Å². The summed E-state index contributed by atoms with van der Waals surface area (Å²) in [6.45, 7) is 0.495. The summed E-state index contributed by atoms with van der Waals surface area (Å²) in [7, 11) is 6.04. The van der Waals surface area contributed by atoms with E-state index < -0.39 is 74.3 Å². The van der Waals surface area contributed by atoms with Crippen molar-refractivity contribution in [3.05, 3.63) is 58.7 Å². The van der Waals surface area contributed by atoms with Crippen LogP contribution < -0.4 is 0 Å². The maximum atomic E-state index is 10.4. The number of aliphatic hydroxyl groups excluding tert-OH is 8. The molecule has 0 aromatic heterocycles. The second-order valence-electron chi connectivity index (χ2n) is 12.3. The number of benzene rings is 2. The summed E-state index contributed by atoms with van der Waals surface area (Å²) in [6.07, 6.45) is -13.1. The molecule has 12 heteroatoms. The third-order valence-corrected chi connectivity index (χ3v) is 8.83. The van der Waals surface area contributed by atoms with Crippen molar-refractivity contribution in [3.8, 4) is 34.8 Å². The van der Waals surface area contributed by atoms with Gasteiger partial charge in [-0.2, -0.15) is 0 Å². The fourth-order valence-electron chi connectivity index (χ4n) is 6.10. The lowest BCUT2D eigenvalue weighted by atomic mass is 9.95. The monoisotopic (exact) mass is 638 g/mol. The largest absolute Gasteiger partial charge is 0.394 e. The lowest BCUT2D eigenvalue weighted by molar-refractivity contribution is -0.214. The van der Waals surface area contributed by atoms with Crippen molar-refractivity contribution in [3.63, 3.8) is 0 Å². The Morgan fingerprint density at radius 2 is 1.04 bits per heavy atom. The molecule has 8 N–H and O–H groups in total. The highest BCUT2D eigenvalue weighted by Crippen LogP contribution is 2.46. The third-order valence-electron chi connectivity index (χ3n) is 8.83. The van der Waals surface area contributed by atoms with E-state index in [1.54, 1.807) is 0 Å². The minimum Gasteiger partial charge on any atom is -0.394 e. The van der Waals surface area contributed by atoms with Crippen molar-refractivity contribution >= 4 is 0 Å². The van der Waals surface area contributed by atoms with E-state index in [9.17, 15) is 40.9 Å². The summed E-state index contributed by atoms with van der Waals surface area (Å²) >= 11 is 0. The number of rotatable bonds is 6. The zero-order valence-corrected chi connectivity index (χ0v) is 25.9. The van der Waals surface area contributed by atoms with Gasteiger partial charge in [0.15, 0.2) is 0 Å². The maximum Gasteiger partial charge on any atom is 0.147 e. The third kappa shape index (κ3) is 6.86. The molecule has 10 unspecified atom stereocenters. The highest BCUT2D eigenvalue weighted by molar-refractivity contribution is 5.80. The Morgan fingerprint density at radius 1 is 0.609 bits per heavy atom. The normalized spacial score (nSPS) is 33.5. The van der Waals surface area contributed by atoms with E-state index in [0.29, 0.717) is 11.1 Å². The van der Waals surface area contributed by atoms with E-state index in [1.165, 1.54) is 0 Å². The number of nitrogens with zero attached hydrogens (tertiary/aromatic N) is 2. The minimum absolute atomic E-state index is 0.159. The van der Waals surface area contributed by atoms with E-state index in [4.69, 9.17) is 9.47 Å². The Hall–Kier alpha value is -2.92. The van der Waals surface area contributed by atoms with Gasteiger partial charge in [-0.05, 0) is 67.7 Å². The number of ether oxygens (including phenoxy) is 2. The zero-order chi connectivity index (χ0) is 33.3. The van der Waals surface area contributed by atoms with Crippen molar-refractivity contribution < 1.29 is 50.3 Å². The topological polar surface area (TPSA) is 187 Å². The molecule has 12 nitrogen and oxygen atoms in total. The summed E-state index contributed by atoms with van der Waals surface area (Å²) in [5, 5.41) is 80.3. The first-order chi connectivity index (χ1) is 21.9. The van der Waals surface area contributed by atoms with Gasteiger partial charge in [0, 0.05) is 24.2 Å². The van der Waals surface area contributed by atoms with Crippen LogP contribution in [0.4, 0.5) is 0 Å². The lowest BCUT2D eigenvalue weighted by Gasteiger charge is -2.37. The van der Waals surface area contributed by atoms with Crippen molar-refractivity contribution in [1.82, 2.24) is 9.80 Å². The van der Waals surface area contributed by atoms with Gasteiger partial charge in [0.2, 0.25) is 0 Å². The first-order valence-corrected chi connectivity index (χ1v) is 15.2. The van der Waals surface area contributed by atoms with Gasteiger partial charge >= 0.3 is 0 Å². The molecule has 0 amide bonds. The molecule has 3 aliphatic rings. The van der Waals surface area contributed by atoms with Gasteiger partial charge in [0.05, 0.1) is 19.3 Å². The molecular weight excluding hydrogens is 596 g/mol. The molecule has 2 aliphatic heterocycles. The van der Waals surface area contributed by atoms with Crippen molar-refractivity contribution in [2.75, 3.05) is 47.4 Å². The Labute approximate surface area is 268 Å². The van der Waals surface area contributed by atoms with Crippen LogP contribution in [-0.2, 0) is 9.47 Å². The molecular formula is C34H42N2O10. The molecule has 0 bridgehead atoms. The molecule has 2 heterocycles. The molecule has 0 saturated carbocycles. The number of hydrogen-bond donors (Lipinski definition) is 8. The number of likely N-dealkylation sites (N-methyl/N-ethyl adjacent to an activating group) is 2. The second-order valence-corrected chi connectivity index (χ2v) is 12.3. The lowest BCUT2D eigenvalue weighted by Crippen LogP contribution is -2.58. The molecule has 2 aromatic carbocycles. The predicted molar refractivity (Wildman–Crippen MR) is 166 cm³/mol. The van der Waals surface area contributed by atoms with Gasteiger partial charge < -0.3 is 55.2 Å². The van der Waals surface area contributed by atoms with Crippen LogP contribution in [0.2, 0.25) is 0 Å². The zero-order valence-electron chi connectivity index (χ0n) is 25.9. The van der Waals surface area contributed by atoms with Gasteiger partial charge in [-0.3, -0.25) is 4.90 Å². The number of fused-ring (bicyclic) bond motifs is 3. The highest BCUT2D eigenvalue weighted by Gasteiger charge is 2.44. The van der Waals surface area contributed by atoms with Gasteiger partial charge in [0.25, 0.3) is 0 Å². The Kier molecular flexibility index (Phi) is 10.8. The minimum atomic E-state index is -1.51. The van der Waals surface area contributed by atoms with Crippen molar-refractivity contribution in [2.24, 2.45) is 0 Å². The van der Waals surface area contributed by atoms with E-state index in [-0.39, 0.29) is 6.04 Å². The fourth-order valence-corrected chi connectivity index (χ4v) is 6.10. The Balaban J connectivity index is 1.45. The fraction of sp³-hybridized carbons (Fsp3) is 0.529. The van der Waals surface area contributed by atoms with Crippen LogP contribution in [0.25, 0.3) is 11.1 Å². The summed E-state index contributed by atoms with van der Waals surface area (Å²) in [5.74, 6) is 11.7. The average molecular weight is 639 g/mol. The maximum absolute atomic E-state index is 10.4. The molecule has 248 valence electrons. The summed E-state index contributed by atoms with van der Waals surface area (Å²) in [5.41, 5.74) is 5.35. The van der Waals surface area contributed by atoms with E-state index in [1.807, 2.05) is 57.5 Å². The van der Waals surface area contributed by atoms with Crippen LogP contribution in [0.1, 0.15) is 28.3 Å². The molecule has 2 fully saturated rings. The SMILES string of the molecule is CN(C)CCN(C)C1c2cc(C#CC3OC(CO)C(O)C(O)C3O)ccc2-c2ccc(C#CC3OC(CO)C(O)C(O)C3O)cc21. The van der Waals surface area contributed by atoms with Crippen LogP contribution >= 0.6 is 0 Å². The summed E-state index contributed by atoms with van der Waals surface area (Å²) < 4.78 is 11.1. The van der Waals surface area contributed by atoms with Crippen LogP contribution in [0.5, 0.6) is 0 Å². The first kappa shape index (κ1) is 34.4. The standard InChI is InChI=1S/C34H42N2O10/c1-35(2)12-13-36(3)28-22-14-18(6-10-24-29(39)33(43)31(41)26(16-37)45-24)4-8-20(22)21-9-5-19(15-23(21)28)7-11-25-30(40)34(44)32(42)27(17-38)46-25/h4-5,8-9,14-15,24-34,37-44H,12-13,16-17H2,1-3H3.